The van der Waals surface area contributed by atoms with Gasteiger partial charge in [-0.25, -0.2) is 5.57 Å². The predicted octanol–water partition coefficient (Wildman–Crippen LogP) is 8.72. The summed E-state index contributed by atoms with van der Waals surface area (Å²) in [5, 5.41) is 2.66. The molecular weight excluding hydrogens is 563 g/mol. The van der Waals surface area contributed by atoms with Gasteiger partial charge in [0.25, 0.3) is 0 Å². The second-order valence-electron chi connectivity index (χ2n) is 9.33. The molecule has 1 aliphatic rings. The molecule has 0 saturated heterocycles. The van der Waals surface area contributed by atoms with Gasteiger partial charge in [0.15, 0.2) is 0 Å². The van der Waals surface area contributed by atoms with Crippen molar-refractivity contribution in [1.29, 1.82) is 0 Å². The molecule has 0 saturated carbocycles. The Bertz CT molecular complexity index is 1190. The Balaban J connectivity index is 0.000000237. The molecule has 33 heavy (non-hydrogen) atoms. The molecule has 1 aliphatic carbocycles. The maximum absolute atomic E-state index is 3.61. The molecule has 4 aromatic carbocycles. The van der Waals surface area contributed by atoms with Crippen LogP contribution >= 0.6 is 0 Å². The summed E-state index contributed by atoms with van der Waals surface area (Å²) in [4.78, 5) is 0. The maximum Gasteiger partial charge on any atom is 0 e. The molecular formula is C32H34Hf-2. The van der Waals surface area contributed by atoms with E-state index in [1.165, 1.54) is 60.9 Å². The average molecular weight is 597 g/mol. The third kappa shape index (κ3) is 5.35. The normalized spacial score (nSPS) is 13.0. The van der Waals surface area contributed by atoms with Gasteiger partial charge in [-0.15, -0.1) is 18.1 Å². The van der Waals surface area contributed by atoms with Crippen LogP contribution in [0.1, 0.15) is 63.8 Å². The monoisotopic (exact) mass is 598 g/mol. The number of hydrogen-bond acceptors (Lipinski definition) is 0. The molecule has 0 radical (unpaired) electrons. The number of hydrogen-bond donors (Lipinski definition) is 0. The average Bonchev–Trinajstić information content (AvgIpc) is 3.28. The van der Waals surface area contributed by atoms with Crippen LogP contribution in [0.4, 0.5) is 0 Å². The Morgan fingerprint density at radius 2 is 1.36 bits per heavy atom. The predicted molar refractivity (Wildman–Crippen MR) is 139 cm³/mol. The molecule has 4 aromatic rings. The summed E-state index contributed by atoms with van der Waals surface area (Å²) in [6.07, 6.45) is 5.63. The van der Waals surface area contributed by atoms with Crippen molar-refractivity contribution in [2.45, 2.75) is 60.3 Å². The zero-order chi connectivity index (χ0) is 22.8. The third-order valence-electron chi connectivity index (χ3n) is 7.48. The number of rotatable bonds is 3. The van der Waals surface area contributed by atoms with E-state index in [-0.39, 0.29) is 25.8 Å². The topological polar surface area (TPSA) is 0 Å². The van der Waals surface area contributed by atoms with E-state index in [1.54, 1.807) is 0 Å². The Morgan fingerprint density at radius 3 is 1.91 bits per heavy atom. The summed E-state index contributed by atoms with van der Waals surface area (Å²) in [5.74, 6) is 0.529. The number of benzene rings is 3. The largest absolute Gasteiger partial charge is 0.268 e. The van der Waals surface area contributed by atoms with Gasteiger partial charge in [-0.05, 0) is 22.3 Å². The molecule has 0 spiro atoms. The van der Waals surface area contributed by atoms with Gasteiger partial charge >= 0.3 is 0 Å². The standard InChI is InChI=1S/C22H19.C10H15.Hf/c1-16(17-7-3-2-4-8-17)13-20-11-12-21-14-18-9-5-6-10-19(18)15-22(20)21;1-6-7(2)9(4)10(5)8(6)3;/h2-10,14-16H,12-13H2,1H3;1-5H3;/q2*-1;. The zero-order valence-corrected chi connectivity index (χ0v) is 24.4. The quantitative estimate of drug-likeness (QED) is 0.164. The van der Waals surface area contributed by atoms with Crippen molar-refractivity contribution >= 4 is 16.3 Å². The molecule has 0 heterocycles. The Labute approximate surface area is 218 Å². The van der Waals surface area contributed by atoms with Gasteiger partial charge in [0.1, 0.15) is 0 Å². The molecule has 0 aliphatic heterocycles. The van der Waals surface area contributed by atoms with Crippen molar-refractivity contribution in [3.05, 3.63) is 117 Å². The summed E-state index contributed by atoms with van der Waals surface area (Å²) in [6.45, 7) is 13.3. The molecule has 1 unspecified atom stereocenters. The molecule has 1 atom stereocenters. The van der Waals surface area contributed by atoms with Crippen molar-refractivity contribution in [3.8, 4) is 0 Å². The van der Waals surface area contributed by atoms with Crippen LogP contribution in [0.25, 0.3) is 16.3 Å². The van der Waals surface area contributed by atoms with Crippen LogP contribution in [-0.2, 0) is 32.3 Å². The van der Waals surface area contributed by atoms with Crippen LogP contribution in [0.3, 0.4) is 0 Å². The van der Waals surface area contributed by atoms with Crippen molar-refractivity contribution in [2.24, 2.45) is 0 Å². The second-order valence-corrected chi connectivity index (χ2v) is 9.33. The maximum atomic E-state index is 3.61. The molecule has 0 fully saturated rings. The van der Waals surface area contributed by atoms with Crippen molar-refractivity contribution in [1.82, 2.24) is 0 Å². The summed E-state index contributed by atoms with van der Waals surface area (Å²) < 4.78 is 0. The summed E-state index contributed by atoms with van der Waals surface area (Å²) in [5.41, 5.74) is 13.0. The molecule has 168 valence electrons. The van der Waals surface area contributed by atoms with Crippen LogP contribution in [0.5, 0.6) is 0 Å². The molecule has 0 nitrogen and oxygen atoms in total. The second kappa shape index (κ2) is 10.9. The summed E-state index contributed by atoms with van der Waals surface area (Å²) in [7, 11) is 0. The fraction of sp³-hybridized carbons (Fsp3) is 0.281. The molecule has 5 rings (SSSR count). The van der Waals surface area contributed by atoms with Gasteiger partial charge in [-0.2, -0.15) is 33.4 Å². The molecule has 0 aromatic heterocycles. The first-order valence-electron chi connectivity index (χ1n) is 11.7. The van der Waals surface area contributed by atoms with E-state index in [4.69, 9.17) is 0 Å². The first-order valence-corrected chi connectivity index (χ1v) is 11.7. The van der Waals surface area contributed by atoms with E-state index in [2.05, 4.69) is 114 Å². The minimum absolute atomic E-state index is 0. The number of fused-ring (bicyclic) bond motifs is 2. The SMILES string of the molecule is CC(CC1=[C-]Cc2cc3ccccc3cc21)c1ccccc1.Cc1c(C)c(C)[c-](C)c1C.[Hf]. The van der Waals surface area contributed by atoms with E-state index < -0.39 is 0 Å². The fourth-order valence-corrected chi connectivity index (χ4v) is 4.81. The van der Waals surface area contributed by atoms with Gasteiger partial charge < -0.3 is 0 Å². The number of allylic oxidation sites excluding steroid dienone is 2. The first-order chi connectivity index (χ1) is 15.4. The Morgan fingerprint density at radius 1 is 0.818 bits per heavy atom. The summed E-state index contributed by atoms with van der Waals surface area (Å²) >= 11 is 0. The van der Waals surface area contributed by atoms with Gasteiger partial charge in [0.2, 0.25) is 0 Å². The minimum Gasteiger partial charge on any atom is -0.268 e. The van der Waals surface area contributed by atoms with Crippen molar-refractivity contribution < 1.29 is 25.8 Å². The van der Waals surface area contributed by atoms with Gasteiger partial charge in [-0.1, -0.05) is 109 Å². The van der Waals surface area contributed by atoms with Crippen molar-refractivity contribution in [2.75, 3.05) is 0 Å². The zero-order valence-electron chi connectivity index (χ0n) is 20.8. The van der Waals surface area contributed by atoms with E-state index in [1.807, 2.05) is 0 Å². The van der Waals surface area contributed by atoms with Crippen LogP contribution < -0.4 is 0 Å². The minimum atomic E-state index is 0. The summed E-state index contributed by atoms with van der Waals surface area (Å²) in [6, 6.07) is 24.1. The fourth-order valence-electron chi connectivity index (χ4n) is 4.81. The van der Waals surface area contributed by atoms with Crippen molar-refractivity contribution in [3.63, 3.8) is 0 Å². The van der Waals surface area contributed by atoms with Gasteiger partial charge in [0, 0.05) is 25.8 Å². The Hall–Kier alpha value is -2.12. The van der Waals surface area contributed by atoms with E-state index in [9.17, 15) is 0 Å². The third-order valence-corrected chi connectivity index (χ3v) is 7.48. The van der Waals surface area contributed by atoms with Gasteiger partial charge in [0.05, 0.1) is 0 Å². The molecule has 1 heteroatoms. The van der Waals surface area contributed by atoms with Crippen LogP contribution in [0, 0.1) is 40.7 Å². The molecule has 0 N–H and O–H groups in total. The molecule has 0 bridgehead atoms. The van der Waals surface area contributed by atoms with E-state index in [0.717, 1.165) is 12.8 Å². The van der Waals surface area contributed by atoms with Gasteiger partial charge in [-0.3, -0.25) is 6.08 Å². The van der Waals surface area contributed by atoms with Crippen LogP contribution in [-0.4, -0.2) is 0 Å². The first kappa shape index (κ1) is 25.5. The van der Waals surface area contributed by atoms with E-state index in [0.29, 0.717) is 5.92 Å². The van der Waals surface area contributed by atoms with Crippen LogP contribution in [0.15, 0.2) is 66.7 Å². The smallest absolute Gasteiger partial charge is 0 e. The molecule has 0 amide bonds. The van der Waals surface area contributed by atoms with E-state index >= 15 is 0 Å². The Kier molecular flexibility index (Phi) is 8.40. The van der Waals surface area contributed by atoms with Crippen LogP contribution in [0.2, 0.25) is 0 Å².